The van der Waals surface area contributed by atoms with E-state index in [1.54, 1.807) is 0 Å². The fourth-order valence-corrected chi connectivity index (χ4v) is 1.20. The molecule has 0 bridgehead atoms. The zero-order valence-electron chi connectivity index (χ0n) is 4.13. The fourth-order valence-electron chi connectivity index (χ4n) is 0.433. The van der Waals surface area contributed by atoms with E-state index in [9.17, 15) is 0 Å². The van der Waals surface area contributed by atoms with Crippen molar-refractivity contribution < 1.29 is 0 Å². The van der Waals surface area contributed by atoms with Crippen LogP contribution in [0.2, 0.25) is 0 Å². The molecule has 0 fully saturated rings. The van der Waals surface area contributed by atoms with Crippen LogP contribution in [0.3, 0.4) is 0 Å². The summed E-state index contributed by atoms with van der Waals surface area (Å²) in [6.07, 6.45) is 1.98. The fraction of sp³-hybridized carbons (Fsp3) is 0.250. The zero-order chi connectivity index (χ0) is 5.28. The molecule has 0 atom stereocenters. The minimum atomic E-state index is 1.06. The van der Waals surface area contributed by atoms with Gasteiger partial charge in [-0.15, -0.1) is 0 Å². The van der Waals surface area contributed by atoms with Gasteiger partial charge >= 0.3 is 55.7 Å². The Kier molecular flexibility index (Phi) is 1.37. The first-order chi connectivity index (χ1) is 3.29. The molecular formula is C4H6N2Sn. The normalized spacial score (nSPS) is 9.43. The van der Waals surface area contributed by atoms with E-state index in [0.29, 0.717) is 0 Å². The van der Waals surface area contributed by atoms with Gasteiger partial charge in [0.2, 0.25) is 0 Å². The zero-order valence-corrected chi connectivity index (χ0v) is 7.42. The number of hydrogen-bond acceptors (Lipinski definition) is 1. The van der Waals surface area contributed by atoms with Gasteiger partial charge in [0.1, 0.15) is 0 Å². The summed E-state index contributed by atoms with van der Waals surface area (Å²) >= 11 is 1.06. The molecule has 0 spiro atoms. The van der Waals surface area contributed by atoms with Crippen molar-refractivity contribution in [3.63, 3.8) is 0 Å². The van der Waals surface area contributed by atoms with E-state index in [1.807, 2.05) is 22.1 Å². The van der Waals surface area contributed by atoms with Crippen molar-refractivity contribution in [3.05, 3.63) is 18.0 Å². The molecule has 0 N–H and O–H groups in total. The van der Waals surface area contributed by atoms with Crippen LogP contribution in [0.4, 0.5) is 0 Å². The van der Waals surface area contributed by atoms with Crippen LogP contribution in [-0.2, 0) is 0 Å². The van der Waals surface area contributed by atoms with Gasteiger partial charge in [0.15, 0.2) is 0 Å². The van der Waals surface area contributed by atoms with E-state index >= 15 is 0 Å². The van der Waals surface area contributed by atoms with E-state index < -0.39 is 0 Å². The van der Waals surface area contributed by atoms with E-state index in [4.69, 9.17) is 0 Å². The van der Waals surface area contributed by atoms with Crippen molar-refractivity contribution in [1.82, 2.24) is 8.00 Å². The van der Waals surface area contributed by atoms with Gasteiger partial charge in [0, 0.05) is 0 Å². The van der Waals surface area contributed by atoms with Gasteiger partial charge in [-0.25, -0.2) is 0 Å². The van der Waals surface area contributed by atoms with Gasteiger partial charge < -0.3 is 0 Å². The molecule has 2 radical (unpaired) electrons. The van der Waals surface area contributed by atoms with Gasteiger partial charge in [0.25, 0.3) is 0 Å². The van der Waals surface area contributed by atoms with E-state index in [1.165, 1.54) is 0 Å². The van der Waals surface area contributed by atoms with Gasteiger partial charge in [-0.2, -0.15) is 0 Å². The second-order valence-corrected chi connectivity index (χ2v) is 2.95. The number of aromatic nitrogens is 2. The third-order valence-corrected chi connectivity index (χ3v) is 1.56. The predicted octanol–water partition coefficient (Wildman–Crippen LogP) is -0.145. The summed E-state index contributed by atoms with van der Waals surface area (Å²) in [4.78, 5) is 0. The molecule has 36 valence electrons. The van der Waals surface area contributed by atoms with Crippen molar-refractivity contribution in [2.45, 2.75) is 6.92 Å². The molecule has 0 saturated carbocycles. The average molecular weight is 201 g/mol. The summed E-state index contributed by atoms with van der Waals surface area (Å²) in [5.74, 6) is 0. The third kappa shape index (κ3) is 1.19. The molecule has 1 heterocycles. The molecule has 0 aliphatic carbocycles. The van der Waals surface area contributed by atoms with Crippen molar-refractivity contribution in [3.8, 4) is 0 Å². The van der Waals surface area contributed by atoms with Crippen LogP contribution in [0.15, 0.2) is 12.3 Å². The van der Waals surface area contributed by atoms with E-state index in [2.05, 4.69) is 5.10 Å². The molecule has 3 heteroatoms. The Morgan fingerprint density at radius 1 is 1.86 bits per heavy atom. The molecule has 7 heavy (non-hydrogen) atoms. The molecule has 0 saturated heterocycles. The number of nitrogens with zero attached hydrogens (tertiary/aromatic N) is 2. The van der Waals surface area contributed by atoms with Crippen molar-refractivity contribution in [1.29, 1.82) is 0 Å². The number of aryl methyl sites for hydroxylation is 1. The second-order valence-electron chi connectivity index (χ2n) is 1.44. The molecule has 1 aromatic rings. The number of hydrogen-bond donors (Lipinski definition) is 0. The first-order valence-electron chi connectivity index (χ1n) is 2.06. The monoisotopic (exact) mass is 202 g/mol. The van der Waals surface area contributed by atoms with Gasteiger partial charge in [0.05, 0.1) is 0 Å². The molecule has 0 aliphatic heterocycles. The molecular weight excluding hydrogens is 195 g/mol. The van der Waals surface area contributed by atoms with Crippen LogP contribution >= 0.6 is 0 Å². The Hall–Kier alpha value is 0.00870. The predicted molar refractivity (Wildman–Crippen MR) is 29.5 cm³/mol. The summed E-state index contributed by atoms with van der Waals surface area (Å²) in [6.45, 7) is 1.99. The molecule has 2 nitrogen and oxygen atoms in total. The average Bonchev–Trinajstić information content (AvgIpc) is 1.87. The van der Waals surface area contributed by atoms with Crippen LogP contribution in [-0.4, -0.2) is 30.8 Å². The SMILES string of the molecule is Cc1cc[n]([SnH])n1. The molecule has 0 unspecified atom stereocenters. The topological polar surface area (TPSA) is 17.8 Å². The van der Waals surface area contributed by atoms with Crippen LogP contribution in [0.25, 0.3) is 0 Å². The molecule has 1 rings (SSSR count). The Bertz CT molecular complexity index is 142. The Labute approximate surface area is 56.0 Å². The Balaban J connectivity index is 3.04. The summed E-state index contributed by atoms with van der Waals surface area (Å²) in [5, 5.41) is 4.09. The van der Waals surface area contributed by atoms with Crippen molar-refractivity contribution >= 4 is 22.8 Å². The Morgan fingerprint density at radius 2 is 2.57 bits per heavy atom. The third-order valence-electron chi connectivity index (χ3n) is 0.742. The summed E-state index contributed by atoms with van der Waals surface area (Å²) in [6, 6.07) is 2.00. The van der Waals surface area contributed by atoms with Crippen molar-refractivity contribution in [2.75, 3.05) is 0 Å². The molecule has 0 aromatic carbocycles. The summed E-state index contributed by atoms with van der Waals surface area (Å²) in [5.41, 5.74) is 1.10. The maximum atomic E-state index is 4.09. The minimum absolute atomic E-state index is 1.06. The quantitative estimate of drug-likeness (QED) is 0.533. The van der Waals surface area contributed by atoms with E-state index in [0.717, 1.165) is 28.5 Å². The Morgan fingerprint density at radius 3 is 2.71 bits per heavy atom. The van der Waals surface area contributed by atoms with Crippen LogP contribution in [0, 0.1) is 6.92 Å². The van der Waals surface area contributed by atoms with E-state index in [-0.39, 0.29) is 0 Å². The molecule has 1 aromatic heterocycles. The standard InChI is InChI=1S/C4H5N2.Sn.H/c1-4-2-3-5-6-4;;/h2-3H,1H3;;/q-1;+1;. The number of rotatable bonds is 0. The van der Waals surface area contributed by atoms with Crippen LogP contribution in [0.5, 0.6) is 0 Å². The van der Waals surface area contributed by atoms with Crippen LogP contribution in [0.1, 0.15) is 5.69 Å². The van der Waals surface area contributed by atoms with Gasteiger partial charge in [-0.3, -0.25) is 0 Å². The molecule has 0 aliphatic rings. The first-order valence-corrected chi connectivity index (χ1v) is 3.54. The second kappa shape index (κ2) is 1.86. The van der Waals surface area contributed by atoms with Crippen molar-refractivity contribution in [2.24, 2.45) is 0 Å². The van der Waals surface area contributed by atoms with Gasteiger partial charge in [-0.05, 0) is 0 Å². The summed E-state index contributed by atoms with van der Waals surface area (Å²) < 4.78 is 1.92. The van der Waals surface area contributed by atoms with Gasteiger partial charge in [-0.1, -0.05) is 0 Å². The first kappa shape index (κ1) is 5.15. The molecule has 0 amide bonds. The summed E-state index contributed by atoms with van der Waals surface area (Å²) in [7, 11) is 0. The maximum absolute atomic E-state index is 4.09. The van der Waals surface area contributed by atoms with Crippen LogP contribution < -0.4 is 0 Å².